The number of carbonyl (C=O) groups is 2. The Balaban J connectivity index is 2.57. The minimum Gasteiger partial charge on any atom is -0.481 e. The van der Waals surface area contributed by atoms with Crippen LogP contribution in [0.2, 0.25) is 5.02 Å². The van der Waals surface area contributed by atoms with E-state index in [1.54, 1.807) is 11.0 Å². The van der Waals surface area contributed by atoms with Crippen molar-refractivity contribution in [1.82, 2.24) is 10.2 Å². The molecule has 0 unspecified atom stereocenters. The maximum Gasteiger partial charge on any atom is 0.317 e. The van der Waals surface area contributed by atoms with Crippen molar-refractivity contribution in [3.63, 3.8) is 0 Å². The first-order valence-electron chi connectivity index (χ1n) is 7.52. The van der Waals surface area contributed by atoms with Gasteiger partial charge in [-0.3, -0.25) is 4.79 Å². The summed E-state index contributed by atoms with van der Waals surface area (Å²) >= 11 is 6.15. The fourth-order valence-electron chi connectivity index (χ4n) is 1.98. The Kier molecular flexibility index (Phi) is 8.36. The summed E-state index contributed by atoms with van der Waals surface area (Å²) < 4.78 is 0. The number of unbranched alkanes of at least 4 members (excludes halogenated alkanes) is 1. The number of urea groups is 1. The van der Waals surface area contributed by atoms with Crippen LogP contribution in [0.15, 0.2) is 24.3 Å². The summed E-state index contributed by atoms with van der Waals surface area (Å²) in [6.45, 7) is 3.52. The molecule has 0 bridgehead atoms. The fourth-order valence-corrected chi connectivity index (χ4v) is 2.18. The van der Waals surface area contributed by atoms with Gasteiger partial charge in [0, 0.05) is 31.1 Å². The average Bonchev–Trinajstić information content (AvgIpc) is 2.49. The molecule has 0 spiro atoms. The quantitative estimate of drug-likeness (QED) is 0.682. The molecule has 1 rings (SSSR count). The van der Waals surface area contributed by atoms with Crippen LogP contribution in [0.25, 0.3) is 0 Å². The van der Waals surface area contributed by atoms with Gasteiger partial charge in [-0.2, -0.15) is 0 Å². The second-order valence-corrected chi connectivity index (χ2v) is 5.50. The maximum absolute atomic E-state index is 12.2. The fraction of sp³-hybridized carbons (Fsp3) is 0.500. The zero-order chi connectivity index (χ0) is 16.4. The summed E-state index contributed by atoms with van der Waals surface area (Å²) in [7, 11) is 0. The Hall–Kier alpha value is -1.75. The number of nitrogens with zero attached hydrogens (tertiary/aromatic N) is 1. The van der Waals surface area contributed by atoms with E-state index in [2.05, 4.69) is 12.2 Å². The molecule has 1 aromatic carbocycles. The topological polar surface area (TPSA) is 69.6 Å². The maximum atomic E-state index is 12.2. The van der Waals surface area contributed by atoms with Crippen molar-refractivity contribution in [2.24, 2.45) is 0 Å². The summed E-state index contributed by atoms with van der Waals surface area (Å²) in [6, 6.07) is 7.27. The lowest BCUT2D eigenvalue weighted by molar-refractivity contribution is -0.137. The molecule has 0 heterocycles. The largest absolute Gasteiger partial charge is 0.481 e. The molecule has 0 aromatic heterocycles. The number of halogens is 1. The molecule has 0 fully saturated rings. The van der Waals surface area contributed by atoms with Crippen LogP contribution in [0.1, 0.15) is 38.2 Å². The molecule has 0 aliphatic heterocycles. The van der Waals surface area contributed by atoms with E-state index in [1.165, 1.54) is 0 Å². The van der Waals surface area contributed by atoms with Crippen LogP contribution in [-0.4, -0.2) is 35.1 Å². The standard InChI is InChI=1S/C16H23ClN2O3/c1-2-3-11-19(12-13-7-4-5-8-14(13)17)16(22)18-10-6-9-15(20)21/h4-5,7-8H,2-3,6,9-12H2,1H3,(H,18,22)(H,20,21). The zero-order valence-electron chi connectivity index (χ0n) is 12.8. The molecular weight excluding hydrogens is 304 g/mol. The van der Waals surface area contributed by atoms with Crippen molar-refractivity contribution in [2.45, 2.75) is 39.2 Å². The molecule has 1 aromatic rings. The predicted octanol–water partition coefficient (Wildman–Crippen LogP) is 3.52. The van der Waals surface area contributed by atoms with E-state index < -0.39 is 5.97 Å². The molecule has 22 heavy (non-hydrogen) atoms. The van der Waals surface area contributed by atoms with Crippen LogP contribution in [0.4, 0.5) is 4.79 Å². The number of benzene rings is 1. The molecule has 0 radical (unpaired) electrons. The number of amides is 2. The number of aliphatic carboxylic acids is 1. The molecule has 122 valence electrons. The van der Waals surface area contributed by atoms with Gasteiger partial charge in [0.25, 0.3) is 0 Å². The molecule has 0 saturated carbocycles. The van der Waals surface area contributed by atoms with Gasteiger partial charge in [-0.1, -0.05) is 43.1 Å². The molecule has 0 atom stereocenters. The number of carbonyl (C=O) groups excluding carboxylic acids is 1. The third-order valence-electron chi connectivity index (χ3n) is 3.23. The number of nitrogens with one attached hydrogen (secondary N) is 1. The summed E-state index contributed by atoms with van der Waals surface area (Å²) in [5, 5.41) is 12.0. The molecule has 2 amide bonds. The van der Waals surface area contributed by atoms with Crippen molar-refractivity contribution < 1.29 is 14.7 Å². The molecule has 0 aliphatic carbocycles. The number of rotatable bonds is 9. The molecule has 5 nitrogen and oxygen atoms in total. The van der Waals surface area contributed by atoms with Gasteiger partial charge in [0.15, 0.2) is 0 Å². The molecular formula is C16H23ClN2O3. The van der Waals surface area contributed by atoms with Gasteiger partial charge >= 0.3 is 12.0 Å². The highest BCUT2D eigenvalue weighted by molar-refractivity contribution is 6.31. The minimum absolute atomic E-state index is 0.0553. The normalized spacial score (nSPS) is 10.3. The van der Waals surface area contributed by atoms with Crippen LogP contribution in [0, 0.1) is 0 Å². The van der Waals surface area contributed by atoms with Crippen molar-refractivity contribution in [2.75, 3.05) is 13.1 Å². The van der Waals surface area contributed by atoms with Crippen molar-refractivity contribution in [1.29, 1.82) is 0 Å². The highest BCUT2D eigenvalue weighted by Crippen LogP contribution is 2.17. The van der Waals surface area contributed by atoms with E-state index in [4.69, 9.17) is 16.7 Å². The first kappa shape index (κ1) is 18.3. The van der Waals surface area contributed by atoms with Crippen molar-refractivity contribution in [3.05, 3.63) is 34.9 Å². The van der Waals surface area contributed by atoms with Gasteiger partial charge in [0.05, 0.1) is 0 Å². The van der Waals surface area contributed by atoms with Crippen molar-refractivity contribution >= 4 is 23.6 Å². The van der Waals surface area contributed by atoms with Gasteiger partial charge in [-0.05, 0) is 24.5 Å². The summed E-state index contributed by atoms with van der Waals surface area (Å²) in [4.78, 5) is 24.4. The predicted molar refractivity (Wildman–Crippen MR) is 87.0 cm³/mol. The summed E-state index contributed by atoms with van der Waals surface area (Å²) in [6.07, 6.45) is 2.38. The Bertz CT molecular complexity index is 494. The van der Waals surface area contributed by atoms with Gasteiger partial charge in [0.1, 0.15) is 0 Å². The summed E-state index contributed by atoms with van der Waals surface area (Å²) in [5.41, 5.74) is 0.904. The lowest BCUT2D eigenvalue weighted by atomic mass is 10.2. The first-order valence-corrected chi connectivity index (χ1v) is 7.90. The van der Waals surface area contributed by atoms with Gasteiger partial charge in [-0.15, -0.1) is 0 Å². The van der Waals surface area contributed by atoms with Crippen LogP contribution in [0.5, 0.6) is 0 Å². The SMILES string of the molecule is CCCCN(Cc1ccccc1Cl)C(=O)NCCCC(=O)O. The van der Waals surface area contributed by atoms with E-state index in [0.29, 0.717) is 31.1 Å². The van der Waals surface area contributed by atoms with Crippen LogP contribution >= 0.6 is 11.6 Å². The molecule has 0 saturated heterocycles. The molecule has 2 N–H and O–H groups in total. The highest BCUT2D eigenvalue weighted by atomic mass is 35.5. The average molecular weight is 327 g/mol. The Morgan fingerprint density at radius 2 is 2.00 bits per heavy atom. The monoisotopic (exact) mass is 326 g/mol. The third-order valence-corrected chi connectivity index (χ3v) is 3.60. The lowest BCUT2D eigenvalue weighted by Gasteiger charge is -2.23. The Morgan fingerprint density at radius 1 is 1.27 bits per heavy atom. The number of hydrogen-bond acceptors (Lipinski definition) is 2. The smallest absolute Gasteiger partial charge is 0.317 e. The van der Waals surface area contributed by atoms with E-state index in [-0.39, 0.29) is 12.5 Å². The Labute approximate surface area is 136 Å². The first-order chi connectivity index (χ1) is 10.5. The van der Waals surface area contributed by atoms with E-state index in [0.717, 1.165) is 18.4 Å². The van der Waals surface area contributed by atoms with Crippen LogP contribution < -0.4 is 5.32 Å². The van der Waals surface area contributed by atoms with Gasteiger partial charge in [-0.25, -0.2) is 4.79 Å². The van der Waals surface area contributed by atoms with Gasteiger partial charge in [0.2, 0.25) is 0 Å². The number of carboxylic acid groups (broad SMARTS) is 1. The molecule has 6 heteroatoms. The van der Waals surface area contributed by atoms with E-state index >= 15 is 0 Å². The van der Waals surface area contributed by atoms with Crippen molar-refractivity contribution in [3.8, 4) is 0 Å². The Morgan fingerprint density at radius 3 is 2.64 bits per heavy atom. The van der Waals surface area contributed by atoms with E-state index in [9.17, 15) is 9.59 Å². The second kappa shape index (κ2) is 10.1. The second-order valence-electron chi connectivity index (χ2n) is 5.10. The number of carboxylic acids is 1. The van der Waals surface area contributed by atoms with E-state index in [1.807, 2.05) is 18.2 Å². The van der Waals surface area contributed by atoms with Crippen LogP contribution in [0.3, 0.4) is 0 Å². The zero-order valence-corrected chi connectivity index (χ0v) is 13.6. The molecule has 0 aliphatic rings. The summed E-state index contributed by atoms with van der Waals surface area (Å²) in [5.74, 6) is -0.854. The highest BCUT2D eigenvalue weighted by Gasteiger charge is 2.14. The third kappa shape index (κ3) is 6.80. The minimum atomic E-state index is -0.854. The van der Waals surface area contributed by atoms with Crippen LogP contribution in [-0.2, 0) is 11.3 Å². The number of hydrogen-bond donors (Lipinski definition) is 2. The lowest BCUT2D eigenvalue weighted by Crippen LogP contribution is -2.40. The van der Waals surface area contributed by atoms with Gasteiger partial charge < -0.3 is 15.3 Å².